The van der Waals surface area contributed by atoms with Gasteiger partial charge in [0, 0.05) is 6.20 Å². The van der Waals surface area contributed by atoms with E-state index >= 15 is 0 Å². The zero-order valence-corrected chi connectivity index (χ0v) is 6.50. The van der Waals surface area contributed by atoms with Crippen molar-refractivity contribution < 1.29 is 4.79 Å². The van der Waals surface area contributed by atoms with E-state index in [0.717, 1.165) is 24.2 Å². The van der Waals surface area contributed by atoms with Crippen LogP contribution < -0.4 is 5.32 Å². The Kier molecular flexibility index (Phi) is 0.865. The van der Waals surface area contributed by atoms with Gasteiger partial charge < -0.3 is 5.32 Å². The molecule has 1 amide bonds. The number of hydrogen-bond donors (Lipinski definition) is 1. The van der Waals surface area contributed by atoms with E-state index in [-0.39, 0.29) is 11.3 Å². The molecule has 2 aliphatic rings. The van der Waals surface area contributed by atoms with E-state index < -0.39 is 0 Å². The summed E-state index contributed by atoms with van der Waals surface area (Å²) >= 11 is 0. The number of nitrogens with zero attached hydrogens (tertiary/aromatic N) is 1. The van der Waals surface area contributed by atoms with Crippen LogP contribution in [-0.2, 0) is 10.2 Å². The molecule has 0 bridgehead atoms. The number of aromatic nitrogens is 1. The van der Waals surface area contributed by atoms with Crippen molar-refractivity contribution in [1.82, 2.24) is 4.98 Å². The maximum atomic E-state index is 11.5. The summed E-state index contributed by atoms with van der Waals surface area (Å²) in [6.07, 6.45) is 3.67. The molecule has 1 fully saturated rings. The zero-order valence-electron chi connectivity index (χ0n) is 6.50. The highest BCUT2D eigenvalue weighted by molar-refractivity contribution is 6.07. The average molecular weight is 160 g/mol. The molecular weight excluding hydrogens is 152 g/mol. The maximum absolute atomic E-state index is 11.5. The lowest BCUT2D eigenvalue weighted by atomic mass is 10.0. The summed E-state index contributed by atoms with van der Waals surface area (Å²) in [5.74, 6) is 0.135. The molecule has 1 aromatic heterocycles. The second-order valence-corrected chi connectivity index (χ2v) is 3.44. The number of hydrogen-bond acceptors (Lipinski definition) is 2. The van der Waals surface area contributed by atoms with Crippen LogP contribution in [0.4, 0.5) is 5.69 Å². The van der Waals surface area contributed by atoms with E-state index in [2.05, 4.69) is 10.3 Å². The first-order valence-corrected chi connectivity index (χ1v) is 4.10. The molecule has 3 heteroatoms. The van der Waals surface area contributed by atoms with Gasteiger partial charge in [0.2, 0.25) is 5.91 Å². The average Bonchev–Trinajstić information content (AvgIpc) is 2.80. The van der Waals surface area contributed by atoms with Gasteiger partial charge in [-0.1, -0.05) is 0 Å². The minimum absolute atomic E-state index is 0.135. The molecule has 0 atom stereocenters. The fraction of sp³-hybridized carbons (Fsp3) is 0.333. The van der Waals surface area contributed by atoms with Gasteiger partial charge in [-0.3, -0.25) is 9.78 Å². The summed E-state index contributed by atoms with van der Waals surface area (Å²) in [7, 11) is 0. The lowest BCUT2D eigenvalue weighted by Crippen LogP contribution is -2.18. The van der Waals surface area contributed by atoms with E-state index in [1.165, 1.54) is 0 Å². The first-order valence-electron chi connectivity index (χ1n) is 4.10. The van der Waals surface area contributed by atoms with Crippen molar-refractivity contribution in [3.63, 3.8) is 0 Å². The Labute approximate surface area is 69.8 Å². The van der Waals surface area contributed by atoms with Gasteiger partial charge in [0.25, 0.3) is 0 Å². The quantitative estimate of drug-likeness (QED) is 0.616. The summed E-state index contributed by atoms with van der Waals surface area (Å²) in [6, 6.07) is 3.76. The Morgan fingerprint density at radius 3 is 3.08 bits per heavy atom. The molecular formula is C9H8N2O. The molecule has 3 nitrogen and oxygen atoms in total. The maximum Gasteiger partial charge on any atom is 0.236 e. The van der Waals surface area contributed by atoms with E-state index in [1.54, 1.807) is 6.20 Å². The second-order valence-electron chi connectivity index (χ2n) is 3.44. The SMILES string of the molecule is O=C1Nc2cccnc2C12CC2. The molecule has 60 valence electrons. The van der Waals surface area contributed by atoms with Crippen molar-refractivity contribution in [3.8, 4) is 0 Å². The molecule has 1 aromatic rings. The molecule has 0 unspecified atom stereocenters. The third-order valence-electron chi connectivity index (χ3n) is 2.69. The van der Waals surface area contributed by atoms with Crippen molar-refractivity contribution >= 4 is 11.6 Å². The largest absolute Gasteiger partial charge is 0.324 e. The van der Waals surface area contributed by atoms with E-state index in [0.29, 0.717) is 0 Å². The van der Waals surface area contributed by atoms with Gasteiger partial charge in [-0.25, -0.2) is 0 Å². The smallest absolute Gasteiger partial charge is 0.236 e. The highest BCUT2D eigenvalue weighted by Crippen LogP contribution is 2.53. The monoisotopic (exact) mass is 160 g/mol. The van der Waals surface area contributed by atoms with Crippen molar-refractivity contribution in [2.45, 2.75) is 18.3 Å². The molecule has 12 heavy (non-hydrogen) atoms. The number of nitrogens with one attached hydrogen (secondary N) is 1. The van der Waals surface area contributed by atoms with E-state index in [9.17, 15) is 4.79 Å². The van der Waals surface area contributed by atoms with Crippen molar-refractivity contribution in [2.75, 3.05) is 5.32 Å². The molecule has 3 rings (SSSR count). The van der Waals surface area contributed by atoms with Crippen LogP contribution in [0.1, 0.15) is 18.5 Å². The minimum atomic E-state index is -0.226. The Balaban J connectivity index is 2.26. The summed E-state index contributed by atoms with van der Waals surface area (Å²) in [5, 5.41) is 2.85. The van der Waals surface area contributed by atoms with Gasteiger partial charge in [0.05, 0.1) is 16.8 Å². The topological polar surface area (TPSA) is 42.0 Å². The van der Waals surface area contributed by atoms with Gasteiger partial charge in [0.15, 0.2) is 0 Å². The molecule has 1 N–H and O–H groups in total. The van der Waals surface area contributed by atoms with Crippen LogP contribution in [0.25, 0.3) is 0 Å². The van der Waals surface area contributed by atoms with Crippen LogP contribution in [0.15, 0.2) is 18.3 Å². The number of fused-ring (bicyclic) bond motifs is 2. The van der Waals surface area contributed by atoms with Crippen LogP contribution in [0.2, 0.25) is 0 Å². The van der Waals surface area contributed by atoms with Crippen LogP contribution in [-0.4, -0.2) is 10.9 Å². The summed E-state index contributed by atoms with van der Waals surface area (Å²) < 4.78 is 0. The number of carbonyl (C=O) groups excluding carboxylic acids is 1. The van der Waals surface area contributed by atoms with Gasteiger partial charge in [0.1, 0.15) is 0 Å². The van der Waals surface area contributed by atoms with Crippen LogP contribution in [0, 0.1) is 0 Å². The fourth-order valence-corrected chi connectivity index (χ4v) is 1.83. The summed E-state index contributed by atoms with van der Waals surface area (Å²) in [4.78, 5) is 15.7. The first-order chi connectivity index (χ1) is 5.83. The standard InChI is InChI=1S/C9H8N2O/c12-8-9(3-4-9)7-6(11-8)2-1-5-10-7/h1-2,5H,3-4H2,(H,11,12). The predicted molar refractivity (Wildman–Crippen MR) is 43.8 cm³/mol. The molecule has 1 saturated carbocycles. The van der Waals surface area contributed by atoms with Gasteiger partial charge in [-0.2, -0.15) is 0 Å². The number of rotatable bonds is 0. The lowest BCUT2D eigenvalue weighted by molar-refractivity contribution is -0.117. The van der Waals surface area contributed by atoms with Crippen molar-refractivity contribution in [3.05, 3.63) is 24.0 Å². The van der Waals surface area contributed by atoms with Gasteiger partial charge in [-0.05, 0) is 25.0 Å². The summed E-state index contributed by atoms with van der Waals surface area (Å²) in [6.45, 7) is 0. The van der Waals surface area contributed by atoms with Gasteiger partial charge in [-0.15, -0.1) is 0 Å². The van der Waals surface area contributed by atoms with Gasteiger partial charge >= 0.3 is 0 Å². The molecule has 0 aromatic carbocycles. The predicted octanol–water partition coefficient (Wildman–Crippen LogP) is 1.07. The van der Waals surface area contributed by atoms with Crippen molar-refractivity contribution in [2.24, 2.45) is 0 Å². The molecule has 2 heterocycles. The van der Waals surface area contributed by atoms with E-state index in [1.807, 2.05) is 12.1 Å². The normalized spacial score (nSPS) is 22.2. The highest BCUT2D eigenvalue weighted by Gasteiger charge is 2.57. The number of pyridine rings is 1. The fourth-order valence-electron chi connectivity index (χ4n) is 1.83. The first kappa shape index (κ1) is 6.17. The molecule has 0 radical (unpaired) electrons. The number of anilines is 1. The lowest BCUT2D eigenvalue weighted by Gasteiger charge is -2.00. The Hall–Kier alpha value is -1.38. The highest BCUT2D eigenvalue weighted by atomic mass is 16.2. The third kappa shape index (κ3) is 0.534. The van der Waals surface area contributed by atoms with E-state index in [4.69, 9.17) is 0 Å². The van der Waals surface area contributed by atoms with Crippen LogP contribution in [0.5, 0.6) is 0 Å². The molecule has 1 spiro atoms. The molecule has 1 aliphatic heterocycles. The Morgan fingerprint density at radius 2 is 2.33 bits per heavy atom. The third-order valence-corrected chi connectivity index (χ3v) is 2.69. The second kappa shape index (κ2) is 1.68. The summed E-state index contributed by atoms with van der Waals surface area (Å²) in [5.41, 5.74) is 1.63. The number of carbonyl (C=O) groups is 1. The Morgan fingerprint density at radius 1 is 1.50 bits per heavy atom. The van der Waals surface area contributed by atoms with Crippen LogP contribution in [0.3, 0.4) is 0 Å². The minimum Gasteiger partial charge on any atom is -0.324 e. The van der Waals surface area contributed by atoms with Crippen LogP contribution >= 0.6 is 0 Å². The molecule has 1 aliphatic carbocycles. The number of amides is 1. The zero-order chi connectivity index (χ0) is 8.18. The Bertz CT molecular complexity index is 369. The van der Waals surface area contributed by atoms with Crippen molar-refractivity contribution in [1.29, 1.82) is 0 Å². The molecule has 0 saturated heterocycles.